The van der Waals surface area contributed by atoms with Gasteiger partial charge in [0.2, 0.25) is 0 Å². The Morgan fingerprint density at radius 2 is 2.20 bits per heavy atom. The molecule has 0 N–H and O–H groups in total. The smallest absolute Gasteiger partial charge is 0.479 e. The third-order valence-corrected chi connectivity index (χ3v) is 1.05. The van der Waals surface area contributed by atoms with E-state index in [9.17, 15) is 12.9 Å². The van der Waals surface area contributed by atoms with Crippen LogP contribution in [0.1, 0.15) is 0 Å². The molecule has 10 heavy (non-hydrogen) atoms. The van der Waals surface area contributed by atoms with Crippen LogP contribution in [-0.2, 0) is 4.74 Å². The predicted octanol–water partition coefficient (Wildman–Crippen LogP) is 1.13. The van der Waals surface area contributed by atoms with E-state index in [0.29, 0.717) is 0 Å². The highest BCUT2D eigenvalue weighted by Gasteiger charge is 2.26. The maximum atomic E-state index is 11.6. The van der Waals surface area contributed by atoms with Crippen molar-refractivity contribution in [3.63, 3.8) is 0 Å². The summed E-state index contributed by atoms with van der Waals surface area (Å²) in [6.07, 6.45) is 1.66. The molecule has 0 saturated heterocycles. The second-order valence-corrected chi connectivity index (χ2v) is 2.06. The molecule has 0 atom stereocenters. The van der Waals surface area contributed by atoms with Gasteiger partial charge in [-0.3, -0.25) is 0 Å². The molecule has 0 aromatic carbocycles. The van der Waals surface area contributed by atoms with Gasteiger partial charge in [0.1, 0.15) is 6.26 Å². The van der Waals surface area contributed by atoms with Gasteiger partial charge in [-0.2, -0.15) is 0 Å². The molecule has 0 aromatic rings. The number of ether oxygens (including phenoxy) is 1. The Bertz CT molecular complexity index is 146. The number of hydrogen-bond donors (Lipinski definition) is 0. The first-order chi connectivity index (χ1) is 4.58. The molecule has 1 rings (SSSR count). The molecule has 0 radical (unpaired) electrons. The summed E-state index contributed by atoms with van der Waals surface area (Å²) < 4.78 is 39.5. The van der Waals surface area contributed by atoms with Crippen LogP contribution in [0.3, 0.4) is 0 Å². The van der Waals surface area contributed by atoms with E-state index in [0.717, 1.165) is 4.90 Å². The molecule has 2 nitrogen and oxygen atoms in total. The second-order valence-electron chi connectivity index (χ2n) is 2.06. The molecular weight excluding hydrogens is 146 g/mol. The molecule has 1 heterocycles. The number of hydrogen-bond acceptors (Lipinski definition) is 2. The summed E-state index contributed by atoms with van der Waals surface area (Å²) in [7, 11) is 0. The first kappa shape index (κ1) is 7.30. The molecule has 0 bridgehead atoms. The van der Waals surface area contributed by atoms with Gasteiger partial charge >= 0.3 is 6.98 Å². The van der Waals surface area contributed by atoms with Gasteiger partial charge in [0, 0.05) is 6.20 Å². The van der Waals surface area contributed by atoms with Crippen LogP contribution in [-0.4, -0.2) is 25.1 Å². The molecule has 0 saturated carbocycles. The minimum absolute atomic E-state index is 0.0151. The second kappa shape index (κ2) is 2.44. The lowest BCUT2D eigenvalue weighted by molar-refractivity contribution is 0.176. The van der Waals surface area contributed by atoms with Crippen LogP contribution in [0.5, 0.6) is 0 Å². The van der Waals surface area contributed by atoms with Gasteiger partial charge in [-0.15, -0.1) is 0 Å². The average Bonchev–Trinajstić information content (AvgIpc) is 2.12. The summed E-state index contributed by atoms with van der Waals surface area (Å²) in [5.74, 6) is 0. The predicted molar refractivity (Wildman–Crippen MR) is 30.9 cm³/mol. The van der Waals surface area contributed by atoms with Crippen LogP contribution in [0, 0.1) is 0 Å². The molecule has 1 aliphatic rings. The van der Waals surface area contributed by atoms with Crippen molar-refractivity contribution in [3.8, 4) is 0 Å². The van der Waals surface area contributed by atoms with E-state index in [2.05, 4.69) is 4.74 Å². The zero-order chi connectivity index (χ0) is 7.61. The summed E-state index contributed by atoms with van der Waals surface area (Å²) in [4.78, 5) is 1.07. The lowest BCUT2D eigenvalue weighted by Gasteiger charge is -2.21. The number of halogens is 3. The van der Waals surface area contributed by atoms with Crippen LogP contribution in [0.2, 0.25) is 0 Å². The van der Waals surface area contributed by atoms with Crippen LogP contribution in [0.4, 0.5) is 12.9 Å². The van der Waals surface area contributed by atoms with Crippen molar-refractivity contribution >= 4 is 6.98 Å². The summed E-state index contributed by atoms with van der Waals surface area (Å²) in [5, 5.41) is 0. The third kappa shape index (κ3) is 2.20. The maximum absolute atomic E-state index is 11.6. The summed E-state index contributed by atoms with van der Waals surface area (Å²) in [6.45, 7) is -4.70. The number of nitrogens with zero attached hydrogens (tertiary/aromatic N) is 1. The number of rotatable bonds is 2. The summed E-state index contributed by atoms with van der Waals surface area (Å²) in [5.41, 5.74) is 0. The van der Waals surface area contributed by atoms with E-state index in [1.54, 1.807) is 0 Å². The van der Waals surface area contributed by atoms with Crippen molar-refractivity contribution in [1.82, 2.24) is 4.90 Å². The van der Waals surface area contributed by atoms with Gasteiger partial charge in [-0.05, 0) is 6.44 Å². The van der Waals surface area contributed by atoms with Crippen molar-refractivity contribution in [1.29, 1.82) is 0 Å². The average molecular weight is 152 g/mol. The molecule has 0 aromatic heterocycles. The van der Waals surface area contributed by atoms with Crippen LogP contribution in [0.15, 0.2) is 12.5 Å². The van der Waals surface area contributed by atoms with Gasteiger partial charge in [0.15, 0.2) is 6.73 Å². The van der Waals surface area contributed by atoms with Gasteiger partial charge < -0.3 is 22.6 Å². The van der Waals surface area contributed by atoms with Gasteiger partial charge in [-0.1, -0.05) is 0 Å². The van der Waals surface area contributed by atoms with E-state index < -0.39 is 13.4 Å². The third-order valence-electron chi connectivity index (χ3n) is 1.05. The Hall–Kier alpha value is -0.805. The molecule has 6 heteroatoms. The molecule has 0 amide bonds. The molecule has 0 aliphatic carbocycles. The van der Waals surface area contributed by atoms with E-state index in [1.165, 1.54) is 12.5 Å². The van der Waals surface area contributed by atoms with E-state index in [4.69, 9.17) is 0 Å². The fraction of sp³-hybridized carbons (Fsp3) is 0.500. The van der Waals surface area contributed by atoms with Gasteiger partial charge in [0.25, 0.3) is 0 Å². The first-order valence-corrected chi connectivity index (χ1v) is 2.81. The zero-order valence-electron chi connectivity index (χ0n) is 5.14. The van der Waals surface area contributed by atoms with Crippen LogP contribution in [0.25, 0.3) is 0 Å². The fourth-order valence-corrected chi connectivity index (χ4v) is 0.690. The van der Waals surface area contributed by atoms with E-state index in [-0.39, 0.29) is 6.73 Å². The maximum Gasteiger partial charge on any atom is 0.497 e. The van der Waals surface area contributed by atoms with Crippen molar-refractivity contribution in [3.05, 3.63) is 12.5 Å². The van der Waals surface area contributed by atoms with E-state index >= 15 is 0 Å². The normalized spacial score (nSPS) is 17.7. The lowest BCUT2D eigenvalue weighted by atomic mass is 9.92. The van der Waals surface area contributed by atoms with Crippen molar-refractivity contribution < 1.29 is 17.7 Å². The van der Waals surface area contributed by atoms with Crippen molar-refractivity contribution in [2.45, 2.75) is 0 Å². The Balaban J connectivity index is 2.31. The van der Waals surface area contributed by atoms with Crippen molar-refractivity contribution in [2.75, 3.05) is 13.2 Å². The highest BCUT2D eigenvalue weighted by molar-refractivity contribution is 6.58. The topological polar surface area (TPSA) is 12.5 Å². The molecule has 58 valence electrons. The van der Waals surface area contributed by atoms with Crippen LogP contribution >= 0.6 is 0 Å². The summed E-state index contributed by atoms with van der Waals surface area (Å²) in [6, 6.07) is 0. The van der Waals surface area contributed by atoms with Crippen molar-refractivity contribution in [2.24, 2.45) is 0 Å². The minimum atomic E-state index is -4.72. The Morgan fingerprint density at radius 3 is 2.60 bits per heavy atom. The standard InChI is InChI=1S/C4H6BF3NO/c6-5(7,8)3-9-1-2-10-4-9/h1-2H,3-4H2/q-1. The SMILES string of the molecule is F[B-](F)(F)CN1C=COC1. The van der Waals surface area contributed by atoms with Gasteiger partial charge in [0.05, 0.1) is 0 Å². The molecule has 0 unspecified atom stereocenters. The van der Waals surface area contributed by atoms with E-state index in [1.807, 2.05) is 0 Å². The highest BCUT2D eigenvalue weighted by atomic mass is 19.4. The molecule has 0 fully saturated rings. The molecular formula is C4H6BF3NO-. The molecule has 0 spiro atoms. The monoisotopic (exact) mass is 152 g/mol. The largest absolute Gasteiger partial charge is 0.497 e. The quantitative estimate of drug-likeness (QED) is 0.550. The summed E-state index contributed by atoms with van der Waals surface area (Å²) >= 11 is 0. The molecule has 1 aliphatic heterocycles. The van der Waals surface area contributed by atoms with Gasteiger partial charge in [-0.25, -0.2) is 0 Å². The Labute approximate surface area is 56.3 Å². The highest BCUT2D eigenvalue weighted by Crippen LogP contribution is 2.12. The lowest BCUT2D eigenvalue weighted by Crippen LogP contribution is -2.33. The Kier molecular flexibility index (Phi) is 1.78. The Morgan fingerprint density at radius 1 is 1.50 bits per heavy atom. The van der Waals surface area contributed by atoms with Crippen LogP contribution < -0.4 is 0 Å². The zero-order valence-corrected chi connectivity index (χ0v) is 5.14. The fourth-order valence-electron chi connectivity index (χ4n) is 0.690. The minimum Gasteiger partial charge on any atom is -0.479 e. The first-order valence-electron chi connectivity index (χ1n) is 2.81.